The smallest absolute Gasteiger partial charge is 0.253 e. The molecular formula is C23H20N4O2S. The Kier molecular flexibility index (Phi) is 4.80. The zero-order chi connectivity index (χ0) is 20.5. The molecule has 1 amide bonds. The number of ether oxygens (including phenoxy) is 1. The van der Waals surface area contributed by atoms with Crippen LogP contribution in [0.2, 0.25) is 0 Å². The summed E-state index contributed by atoms with van der Waals surface area (Å²) in [5.74, 6) is 1.34. The molecule has 0 fully saturated rings. The Morgan fingerprint density at radius 2 is 1.97 bits per heavy atom. The summed E-state index contributed by atoms with van der Waals surface area (Å²) in [5.41, 5.74) is 3.72. The standard InChI is InChI=1S/C23H20N4O2S/c1-16-24-18(15-30-16)14-29-21-9-5-2-6-17(21)10-11-22(28)27-13-12-26-20-8-4-3-7-19(20)25-23(26)27/h2-11,15H,12-14H2,1H3/b11-10+. The number of imidazole rings is 1. The van der Waals surface area contributed by atoms with Crippen molar-refractivity contribution in [3.63, 3.8) is 0 Å². The van der Waals surface area contributed by atoms with Crippen LogP contribution < -0.4 is 9.64 Å². The third-order valence-corrected chi connectivity index (χ3v) is 5.88. The van der Waals surface area contributed by atoms with E-state index in [4.69, 9.17) is 4.74 Å². The van der Waals surface area contributed by atoms with E-state index in [2.05, 4.69) is 14.5 Å². The van der Waals surface area contributed by atoms with Crippen LogP contribution in [-0.4, -0.2) is 27.0 Å². The molecule has 0 atom stereocenters. The van der Waals surface area contributed by atoms with Gasteiger partial charge in [-0.05, 0) is 31.2 Å². The van der Waals surface area contributed by atoms with Gasteiger partial charge in [-0.1, -0.05) is 30.3 Å². The number of hydrogen-bond donors (Lipinski definition) is 0. The number of carbonyl (C=O) groups is 1. The van der Waals surface area contributed by atoms with Gasteiger partial charge in [0, 0.05) is 30.1 Å². The first-order valence-corrected chi connectivity index (χ1v) is 10.6. The fourth-order valence-electron chi connectivity index (χ4n) is 3.62. The molecule has 0 spiro atoms. The molecule has 6 nitrogen and oxygen atoms in total. The van der Waals surface area contributed by atoms with Gasteiger partial charge >= 0.3 is 0 Å². The maximum atomic E-state index is 12.9. The van der Waals surface area contributed by atoms with E-state index in [0.717, 1.165) is 39.6 Å². The SMILES string of the molecule is Cc1nc(COc2ccccc2/C=C/C(=O)N2CCn3c2nc2ccccc23)cs1. The van der Waals surface area contributed by atoms with E-state index in [1.165, 1.54) is 0 Å². The summed E-state index contributed by atoms with van der Waals surface area (Å²) in [6.07, 6.45) is 3.39. The second-order valence-corrected chi connectivity index (χ2v) is 8.12. The lowest BCUT2D eigenvalue weighted by molar-refractivity contribution is -0.114. The molecule has 0 N–H and O–H groups in total. The second kappa shape index (κ2) is 7.76. The van der Waals surface area contributed by atoms with Crippen LogP contribution in [0.15, 0.2) is 60.0 Å². The van der Waals surface area contributed by atoms with Crippen LogP contribution in [0.4, 0.5) is 5.95 Å². The number of nitrogens with zero attached hydrogens (tertiary/aromatic N) is 4. The number of carbonyl (C=O) groups excluding carboxylic acids is 1. The predicted molar refractivity (Wildman–Crippen MR) is 119 cm³/mol. The van der Waals surface area contributed by atoms with Gasteiger partial charge in [-0.3, -0.25) is 9.69 Å². The average Bonchev–Trinajstić information content (AvgIpc) is 3.46. The molecule has 30 heavy (non-hydrogen) atoms. The molecule has 150 valence electrons. The molecule has 3 heterocycles. The monoisotopic (exact) mass is 416 g/mol. The van der Waals surface area contributed by atoms with Crippen LogP contribution in [0.5, 0.6) is 5.75 Å². The van der Waals surface area contributed by atoms with E-state index in [9.17, 15) is 4.79 Å². The van der Waals surface area contributed by atoms with Gasteiger partial charge in [0.05, 0.1) is 21.7 Å². The van der Waals surface area contributed by atoms with Crippen LogP contribution >= 0.6 is 11.3 Å². The fraction of sp³-hybridized carbons (Fsp3) is 0.174. The van der Waals surface area contributed by atoms with Crippen molar-refractivity contribution < 1.29 is 9.53 Å². The number of para-hydroxylation sites is 3. The van der Waals surface area contributed by atoms with Crippen LogP contribution in [0.25, 0.3) is 17.1 Å². The summed E-state index contributed by atoms with van der Waals surface area (Å²) in [5, 5.41) is 3.01. The summed E-state index contributed by atoms with van der Waals surface area (Å²) >= 11 is 1.60. The average molecular weight is 417 g/mol. The quantitative estimate of drug-likeness (QED) is 0.451. The van der Waals surface area contributed by atoms with Crippen molar-refractivity contribution in [2.75, 3.05) is 11.4 Å². The molecule has 2 aromatic heterocycles. The molecule has 4 aromatic rings. The maximum absolute atomic E-state index is 12.9. The van der Waals surface area contributed by atoms with E-state index in [1.54, 1.807) is 28.4 Å². The summed E-state index contributed by atoms with van der Waals surface area (Å²) in [7, 11) is 0. The molecule has 0 saturated heterocycles. The van der Waals surface area contributed by atoms with Crippen molar-refractivity contribution in [3.05, 3.63) is 76.3 Å². The molecular weight excluding hydrogens is 396 g/mol. The van der Waals surface area contributed by atoms with Gasteiger partial charge in [-0.15, -0.1) is 11.3 Å². The van der Waals surface area contributed by atoms with Gasteiger partial charge < -0.3 is 9.30 Å². The van der Waals surface area contributed by atoms with Crippen molar-refractivity contribution in [2.24, 2.45) is 0 Å². The van der Waals surface area contributed by atoms with Gasteiger partial charge in [0.15, 0.2) is 0 Å². The minimum atomic E-state index is -0.0889. The highest BCUT2D eigenvalue weighted by Crippen LogP contribution is 2.28. The Hall–Kier alpha value is -3.45. The Bertz CT molecular complexity index is 1260. The van der Waals surface area contributed by atoms with Crippen LogP contribution in [0.3, 0.4) is 0 Å². The lowest BCUT2D eigenvalue weighted by atomic mass is 10.2. The number of fused-ring (bicyclic) bond motifs is 3. The first kappa shape index (κ1) is 18.6. The molecule has 5 rings (SSSR count). The van der Waals surface area contributed by atoms with E-state index >= 15 is 0 Å². The molecule has 1 aliphatic heterocycles. The Morgan fingerprint density at radius 1 is 1.13 bits per heavy atom. The van der Waals surface area contributed by atoms with Crippen molar-refractivity contribution in [1.82, 2.24) is 14.5 Å². The Balaban J connectivity index is 1.33. The molecule has 0 aliphatic carbocycles. The summed E-state index contributed by atoms with van der Waals surface area (Å²) in [6.45, 7) is 3.75. The first-order chi connectivity index (χ1) is 14.7. The van der Waals surface area contributed by atoms with E-state index in [-0.39, 0.29) is 5.91 Å². The van der Waals surface area contributed by atoms with Crippen LogP contribution in [0, 0.1) is 6.92 Å². The Morgan fingerprint density at radius 3 is 2.83 bits per heavy atom. The van der Waals surface area contributed by atoms with Crippen molar-refractivity contribution >= 4 is 40.3 Å². The first-order valence-electron chi connectivity index (χ1n) is 9.77. The van der Waals surface area contributed by atoms with Gasteiger partial charge in [-0.25, -0.2) is 9.97 Å². The molecule has 0 saturated carbocycles. The number of amides is 1. The molecule has 0 bridgehead atoms. The van der Waals surface area contributed by atoms with E-state index in [0.29, 0.717) is 19.1 Å². The van der Waals surface area contributed by atoms with E-state index < -0.39 is 0 Å². The summed E-state index contributed by atoms with van der Waals surface area (Å²) in [6, 6.07) is 15.6. The largest absolute Gasteiger partial charge is 0.487 e. The lowest BCUT2D eigenvalue weighted by Gasteiger charge is -2.11. The topological polar surface area (TPSA) is 60.2 Å². The highest BCUT2D eigenvalue weighted by molar-refractivity contribution is 7.09. The van der Waals surface area contributed by atoms with Crippen LogP contribution in [0.1, 0.15) is 16.3 Å². The maximum Gasteiger partial charge on any atom is 0.253 e. The Labute approximate surface area is 178 Å². The second-order valence-electron chi connectivity index (χ2n) is 7.06. The summed E-state index contributed by atoms with van der Waals surface area (Å²) < 4.78 is 8.03. The molecule has 1 aliphatic rings. The molecule has 2 aromatic carbocycles. The molecule has 7 heteroatoms. The molecule has 0 unspecified atom stereocenters. The third kappa shape index (κ3) is 3.48. The van der Waals surface area contributed by atoms with Gasteiger partial charge in [0.2, 0.25) is 5.95 Å². The van der Waals surface area contributed by atoms with Crippen LogP contribution in [-0.2, 0) is 17.9 Å². The zero-order valence-electron chi connectivity index (χ0n) is 16.5. The van der Waals surface area contributed by atoms with Gasteiger partial charge in [0.25, 0.3) is 5.91 Å². The highest BCUT2D eigenvalue weighted by atomic mass is 32.1. The fourth-order valence-corrected chi connectivity index (χ4v) is 4.22. The van der Waals surface area contributed by atoms with Crippen molar-refractivity contribution in [2.45, 2.75) is 20.1 Å². The normalized spacial score (nSPS) is 13.3. The number of benzene rings is 2. The van der Waals surface area contributed by atoms with Gasteiger partial charge in [-0.2, -0.15) is 0 Å². The molecule has 0 radical (unpaired) electrons. The zero-order valence-corrected chi connectivity index (χ0v) is 17.3. The van der Waals surface area contributed by atoms with Crippen molar-refractivity contribution in [1.29, 1.82) is 0 Å². The van der Waals surface area contributed by atoms with E-state index in [1.807, 2.05) is 60.8 Å². The number of rotatable bonds is 5. The number of thiazole rings is 1. The number of anilines is 1. The number of aryl methyl sites for hydroxylation is 1. The van der Waals surface area contributed by atoms with Gasteiger partial charge in [0.1, 0.15) is 12.4 Å². The number of hydrogen-bond acceptors (Lipinski definition) is 5. The minimum absolute atomic E-state index is 0.0889. The number of aromatic nitrogens is 3. The highest BCUT2D eigenvalue weighted by Gasteiger charge is 2.26. The minimum Gasteiger partial charge on any atom is -0.487 e. The summed E-state index contributed by atoms with van der Waals surface area (Å²) in [4.78, 5) is 23.7. The van der Waals surface area contributed by atoms with Crippen molar-refractivity contribution in [3.8, 4) is 5.75 Å². The lowest BCUT2D eigenvalue weighted by Crippen LogP contribution is -2.27. The predicted octanol–water partition coefficient (Wildman–Crippen LogP) is 4.44. The third-order valence-electron chi connectivity index (χ3n) is 5.06.